The monoisotopic (exact) mass is 365 g/mol. The van der Waals surface area contributed by atoms with Gasteiger partial charge in [-0.1, -0.05) is 12.1 Å². The summed E-state index contributed by atoms with van der Waals surface area (Å²) in [5.74, 6) is 1.45. The standard InChI is InChI=1S/C22H27N3O2/c1-26-12-13-27-19-8-6-17(7-9-19)15-25-11-3-4-18(16-25)21-14-22-20(24-21)5-2-10-23-22/h2,5-10,14,18,24H,3-4,11-13,15-16H2,1H3. The first-order chi connectivity index (χ1) is 13.3. The Kier molecular flexibility index (Phi) is 5.70. The molecule has 1 fully saturated rings. The number of rotatable bonds is 7. The maximum Gasteiger partial charge on any atom is 0.119 e. The summed E-state index contributed by atoms with van der Waals surface area (Å²) in [6, 6.07) is 14.7. The highest BCUT2D eigenvalue weighted by molar-refractivity contribution is 5.75. The Bertz CT molecular complexity index is 826. The zero-order valence-corrected chi connectivity index (χ0v) is 15.9. The van der Waals surface area contributed by atoms with Gasteiger partial charge in [0.25, 0.3) is 0 Å². The van der Waals surface area contributed by atoms with Crippen molar-refractivity contribution in [3.63, 3.8) is 0 Å². The Morgan fingerprint density at radius 2 is 2.07 bits per heavy atom. The smallest absolute Gasteiger partial charge is 0.119 e. The quantitative estimate of drug-likeness (QED) is 0.644. The molecule has 1 aromatic carbocycles. The molecule has 142 valence electrons. The number of likely N-dealkylation sites (tertiary alicyclic amines) is 1. The van der Waals surface area contributed by atoms with Gasteiger partial charge in [-0.2, -0.15) is 0 Å². The minimum absolute atomic E-state index is 0.546. The average Bonchev–Trinajstić information content (AvgIpc) is 3.14. The molecule has 1 unspecified atom stereocenters. The number of benzene rings is 1. The number of H-pyrrole nitrogens is 1. The molecule has 1 atom stereocenters. The van der Waals surface area contributed by atoms with Crippen molar-refractivity contribution in [1.29, 1.82) is 0 Å². The van der Waals surface area contributed by atoms with Gasteiger partial charge in [-0.3, -0.25) is 9.88 Å². The zero-order chi connectivity index (χ0) is 18.5. The first-order valence-electron chi connectivity index (χ1n) is 9.68. The van der Waals surface area contributed by atoms with E-state index >= 15 is 0 Å². The van der Waals surface area contributed by atoms with Crippen LogP contribution in [-0.2, 0) is 11.3 Å². The van der Waals surface area contributed by atoms with Crippen LogP contribution in [0.4, 0.5) is 0 Å². The fourth-order valence-electron chi connectivity index (χ4n) is 3.84. The van der Waals surface area contributed by atoms with Gasteiger partial charge in [0.2, 0.25) is 0 Å². The molecule has 1 aliphatic heterocycles. The van der Waals surface area contributed by atoms with Crippen molar-refractivity contribution < 1.29 is 9.47 Å². The van der Waals surface area contributed by atoms with Crippen molar-refractivity contribution >= 4 is 11.0 Å². The predicted octanol–water partition coefficient (Wildman–Crippen LogP) is 3.97. The third-order valence-electron chi connectivity index (χ3n) is 5.24. The van der Waals surface area contributed by atoms with Crippen LogP contribution in [0.5, 0.6) is 5.75 Å². The fourth-order valence-corrected chi connectivity index (χ4v) is 3.84. The molecule has 0 saturated carbocycles. The van der Waals surface area contributed by atoms with E-state index in [0.29, 0.717) is 19.1 Å². The molecule has 0 bridgehead atoms. The summed E-state index contributed by atoms with van der Waals surface area (Å²) in [7, 11) is 1.69. The molecule has 4 rings (SSSR count). The minimum atomic E-state index is 0.546. The second-order valence-corrected chi connectivity index (χ2v) is 7.22. The summed E-state index contributed by atoms with van der Waals surface area (Å²) in [4.78, 5) is 10.6. The number of piperidine rings is 1. The van der Waals surface area contributed by atoms with Gasteiger partial charge in [0.15, 0.2) is 0 Å². The molecule has 0 spiro atoms. The Labute approximate surface area is 160 Å². The molecule has 5 nitrogen and oxygen atoms in total. The predicted molar refractivity (Wildman–Crippen MR) is 107 cm³/mol. The highest BCUT2D eigenvalue weighted by atomic mass is 16.5. The van der Waals surface area contributed by atoms with Crippen molar-refractivity contribution in [3.8, 4) is 5.75 Å². The van der Waals surface area contributed by atoms with Crippen LogP contribution in [-0.4, -0.2) is 48.3 Å². The van der Waals surface area contributed by atoms with E-state index in [0.717, 1.165) is 36.4 Å². The van der Waals surface area contributed by atoms with Crippen LogP contribution in [0.25, 0.3) is 11.0 Å². The SMILES string of the molecule is COCCOc1ccc(CN2CCCC(c3cc4ncccc4[nH]3)C2)cc1. The van der Waals surface area contributed by atoms with E-state index in [1.807, 2.05) is 12.3 Å². The Morgan fingerprint density at radius 1 is 1.19 bits per heavy atom. The van der Waals surface area contributed by atoms with Crippen molar-refractivity contribution in [3.05, 3.63) is 59.9 Å². The summed E-state index contributed by atoms with van der Waals surface area (Å²) in [6.07, 6.45) is 4.32. The lowest BCUT2D eigenvalue weighted by atomic mass is 9.94. The first-order valence-corrected chi connectivity index (χ1v) is 9.68. The van der Waals surface area contributed by atoms with Gasteiger partial charge in [0.05, 0.1) is 17.6 Å². The first kappa shape index (κ1) is 18.0. The molecule has 27 heavy (non-hydrogen) atoms. The lowest BCUT2D eigenvalue weighted by Crippen LogP contribution is -2.34. The molecular formula is C22H27N3O2. The fraction of sp³-hybridized carbons (Fsp3) is 0.409. The van der Waals surface area contributed by atoms with E-state index in [1.165, 1.54) is 24.1 Å². The summed E-state index contributed by atoms with van der Waals surface area (Å²) >= 11 is 0. The lowest BCUT2D eigenvalue weighted by Gasteiger charge is -2.32. The number of aromatic nitrogens is 2. The summed E-state index contributed by atoms with van der Waals surface area (Å²) in [5.41, 5.74) is 4.84. The van der Waals surface area contributed by atoms with Crippen molar-refractivity contribution in [2.45, 2.75) is 25.3 Å². The van der Waals surface area contributed by atoms with Crippen LogP contribution in [0.1, 0.15) is 30.0 Å². The normalized spacial score (nSPS) is 18.0. The molecular weight excluding hydrogens is 338 g/mol. The second-order valence-electron chi connectivity index (χ2n) is 7.22. The molecule has 3 aromatic rings. The third-order valence-corrected chi connectivity index (χ3v) is 5.24. The van der Waals surface area contributed by atoms with Gasteiger partial charge in [0, 0.05) is 38.0 Å². The van der Waals surface area contributed by atoms with E-state index in [9.17, 15) is 0 Å². The molecule has 1 N–H and O–H groups in total. The number of nitrogens with one attached hydrogen (secondary N) is 1. The van der Waals surface area contributed by atoms with Crippen LogP contribution in [0.2, 0.25) is 0 Å². The molecule has 0 radical (unpaired) electrons. The number of methoxy groups -OCH3 is 1. The van der Waals surface area contributed by atoms with E-state index < -0.39 is 0 Å². The topological polar surface area (TPSA) is 50.4 Å². The molecule has 3 heterocycles. The van der Waals surface area contributed by atoms with Gasteiger partial charge in [0.1, 0.15) is 12.4 Å². The van der Waals surface area contributed by atoms with E-state index in [2.05, 4.69) is 51.3 Å². The van der Waals surface area contributed by atoms with E-state index in [1.54, 1.807) is 7.11 Å². The van der Waals surface area contributed by atoms with Crippen molar-refractivity contribution in [1.82, 2.24) is 14.9 Å². The maximum absolute atomic E-state index is 5.65. The highest BCUT2D eigenvalue weighted by Crippen LogP contribution is 2.29. The van der Waals surface area contributed by atoms with Gasteiger partial charge < -0.3 is 14.5 Å². The highest BCUT2D eigenvalue weighted by Gasteiger charge is 2.23. The maximum atomic E-state index is 5.65. The van der Waals surface area contributed by atoms with Crippen LogP contribution in [0, 0.1) is 0 Å². The van der Waals surface area contributed by atoms with Crippen LogP contribution in [0.3, 0.4) is 0 Å². The zero-order valence-electron chi connectivity index (χ0n) is 15.9. The largest absolute Gasteiger partial charge is 0.491 e. The van der Waals surface area contributed by atoms with Gasteiger partial charge in [-0.25, -0.2) is 0 Å². The summed E-state index contributed by atoms with van der Waals surface area (Å²) < 4.78 is 10.7. The van der Waals surface area contributed by atoms with Gasteiger partial charge in [-0.05, 0) is 55.3 Å². The van der Waals surface area contributed by atoms with Crippen LogP contribution >= 0.6 is 0 Å². The summed E-state index contributed by atoms with van der Waals surface area (Å²) in [5, 5.41) is 0. The molecule has 0 amide bonds. The number of ether oxygens (including phenoxy) is 2. The van der Waals surface area contributed by atoms with E-state index in [4.69, 9.17) is 9.47 Å². The second kappa shape index (κ2) is 8.55. The molecule has 5 heteroatoms. The number of hydrogen-bond acceptors (Lipinski definition) is 4. The molecule has 2 aromatic heterocycles. The molecule has 1 saturated heterocycles. The molecule has 1 aliphatic rings. The molecule has 0 aliphatic carbocycles. The number of aromatic amines is 1. The van der Waals surface area contributed by atoms with Gasteiger partial charge in [-0.15, -0.1) is 0 Å². The minimum Gasteiger partial charge on any atom is -0.491 e. The number of pyridine rings is 1. The van der Waals surface area contributed by atoms with E-state index in [-0.39, 0.29) is 0 Å². The number of fused-ring (bicyclic) bond motifs is 1. The Morgan fingerprint density at radius 3 is 2.89 bits per heavy atom. The van der Waals surface area contributed by atoms with Crippen molar-refractivity contribution in [2.24, 2.45) is 0 Å². The third kappa shape index (κ3) is 4.49. The number of hydrogen-bond donors (Lipinski definition) is 1. The Balaban J connectivity index is 1.36. The van der Waals surface area contributed by atoms with Crippen molar-refractivity contribution in [2.75, 3.05) is 33.4 Å². The van der Waals surface area contributed by atoms with Crippen LogP contribution < -0.4 is 4.74 Å². The summed E-state index contributed by atoms with van der Waals surface area (Å²) in [6.45, 7) is 4.41. The number of nitrogens with zero attached hydrogens (tertiary/aromatic N) is 2. The Hall–Kier alpha value is -2.37. The average molecular weight is 365 g/mol. The lowest BCUT2D eigenvalue weighted by molar-refractivity contribution is 0.146. The van der Waals surface area contributed by atoms with Gasteiger partial charge >= 0.3 is 0 Å². The van der Waals surface area contributed by atoms with Crippen LogP contribution in [0.15, 0.2) is 48.7 Å².